The summed E-state index contributed by atoms with van der Waals surface area (Å²) in [5, 5.41) is 4.33. The fourth-order valence-electron chi connectivity index (χ4n) is 3.58. The monoisotopic (exact) mass is 408 g/mol. The molecule has 1 atom stereocenters. The molecule has 150 valence electrons. The van der Waals surface area contributed by atoms with Crippen molar-refractivity contribution in [1.82, 2.24) is 9.97 Å². The number of anilines is 2. The van der Waals surface area contributed by atoms with E-state index in [2.05, 4.69) is 29.0 Å². The van der Waals surface area contributed by atoms with Crippen LogP contribution in [0.5, 0.6) is 11.5 Å². The first-order valence-corrected chi connectivity index (χ1v) is 10.3. The number of halogens is 1. The van der Waals surface area contributed by atoms with Gasteiger partial charge in [0, 0.05) is 35.1 Å². The maximum absolute atomic E-state index is 5.92. The minimum absolute atomic E-state index is 0.184. The van der Waals surface area contributed by atoms with Gasteiger partial charge >= 0.3 is 0 Å². The minimum atomic E-state index is 0.184. The molecule has 1 unspecified atom stereocenters. The first-order valence-electron chi connectivity index (χ1n) is 9.90. The van der Waals surface area contributed by atoms with Gasteiger partial charge in [0.25, 0.3) is 0 Å². The Kier molecular flexibility index (Phi) is 5.58. The van der Waals surface area contributed by atoms with Crippen molar-refractivity contribution < 1.29 is 4.74 Å². The van der Waals surface area contributed by atoms with Crippen LogP contribution in [0.1, 0.15) is 37.7 Å². The minimum Gasteiger partial charge on any atom is -0.457 e. The smallest absolute Gasteiger partial charge is 0.137 e. The van der Waals surface area contributed by atoms with Crippen LogP contribution in [-0.4, -0.2) is 22.6 Å². The van der Waals surface area contributed by atoms with Gasteiger partial charge in [-0.15, -0.1) is 0 Å². The summed E-state index contributed by atoms with van der Waals surface area (Å²) in [6.45, 7) is 7.31. The Bertz CT molecular complexity index is 973. The zero-order valence-electron chi connectivity index (χ0n) is 16.9. The predicted molar refractivity (Wildman–Crippen MR) is 118 cm³/mol. The molecule has 5 nitrogen and oxygen atoms in total. The predicted octanol–water partition coefficient (Wildman–Crippen LogP) is 6.00. The molecule has 0 saturated heterocycles. The number of hydrogen-bond donors (Lipinski definition) is 1. The van der Waals surface area contributed by atoms with Gasteiger partial charge < -0.3 is 15.0 Å². The van der Waals surface area contributed by atoms with Crippen molar-refractivity contribution in [3.8, 4) is 11.5 Å². The van der Waals surface area contributed by atoms with E-state index < -0.39 is 0 Å². The number of rotatable bonds is 5. The molecule has 0 spiro atoms. The molecule has 0 saturated carbocycles. The SMILES string of the molecule is Cc1ncc2c(n1)N(C(C)C)CCC2Nc1ccc(Oc2ccc(Cl)cc2)cc1. The molecule has 0 aliphatic carbocycles. The van der Waals surface area contributed by atoms with E-state index in [0.717, 1.165) is 47.4 Å². The van der Waals surface area contributed by atoms with Crippen LogP contribution in [0.2, 0.25) is 5.02 Å². The normalized spacial score (nSPS) is 15.9. The Morgan fingerprint density at radius 3 is 2.38 bits per heavy atom. The highest BCUT2D eigenvalue weighted by Gasteiger charge is 2.28. The lowest BCUT2D eigenvalue weighted by Crippen LogP contribution is -2.39. The van der Waals surface area contributed by atoms with Crippen molar-refractivity contribution in [3.05, 3.63) is 71.1 Å². The first kappa shape index (κ1) is 19.5. The van der Waals surface area contributed by atoms with Crippen LogP contribution < -0.4 is 15.0 Å². The molecule has 2 aromatic carbocycles. The molecule has 1 aliphatic heterocycles. The Labute approximate surface area is 176 Å². The lowest BCUT2D eigenvalue weighted by atomic mass is 9.99. The zero-order chi connectivity index (χ0) is 20.4. The number of hydrogen-bond acceptors (Lipinski definition) is 5. The van der Waals surface area contributed by atoms with Gasteiger partial charge in [0.1, 0.15) is 23.1 Å². The van der Waals surface area contributed by atoms with Gasteiger partial charge in [0.05, 0.1) is 6.04 Å². The number of nitrogens with one attached hydrogen (secondary N) is 1. The summed E-state index contributed by atoms with van der Waals surface area (Å²) in [5.41, 5.74) is 2.19. The Hall–Kier alpha value is -2.79. The molecular weight excluding hydrogens is 384 g/mol. The first-order chi connectivity index (χ1) is 14.0. The van der Waals surface area contributed by atoms with E-state index in [1.54, 1.807) is 0 Å². The highest BCUT2D eigenvalue weighted by molar-refractivity contribution is 6.30. The highest BCUT2D eigenvalue weighted by Crippen LogP contribution is 2.35. The third-order valence-electron chi connectivity index (χ3n) is 5.09. The number of fused-ring (bicyclic) bond motifs is 1. The molecule has 2 heterocycles. The number of ether oxygens (including phenoxy) is 1. The van der Waals surface area contributed by atoms with Crippen LogP contribution in [0.15, 0.2) is 54.7 Å². The second-order valence-corrected chi connectivity index (χ2v) is 7.99. The molecule has 0 bridgehead atoms. The quantitative estimate of drug-likeness (QED) is 0.560. The molecule has 1 N–H and O–H groups in total. The van der Waals surface area contributed by atoms with E-state index in [4.69, 9.17) is 21.3 Å². The second kappa shape index (κ2) is 8.29. The maximum atomic E-state index is 5.92. The summed E-state index contributed by atoms with van der Waals surface area (Å²) < 4.78 is 5.88. The van der Waals surface area contributed by atoms with Crippen LogP contribution in [-0.2, 0) is 0 Å². The summed E-state index contributed by atoms with van der Waals surface area (Å²) in [7, 11) is 0. The molecule has 6 heteroatoms. The molecule has 0 fully saturated rings. The van der Waals surface area contributed by atoms with Gasteiger partial charge in [0.15, 0.2) is 0 Å². The van der Waals surface area contributed by atoms with Crippen molar-refractivity contribution in [2.75, 3.05) is 16.8 Å². The fraction of sp³-hybridized carbons (Fsp3) is 0.304. The largest absolute Gasteiger partial charge is 0.457 e. The summed E-state index contributed by atoms with van der Waals surface area (Å²) in [6.07, 6.45) is 2.96. The highest BCUT2D eigenvalue weighted by atomic mass is 35.5. The van der Waals surface area contributed by atoms with E-state index in [1.165, 1.54) is 0 Å². The van der Waals surface area contributed by atoms with Crippen molar-refractivity contribution in [2.45, 2.75) is 39.3 Å². The molecule has 4 rings (SSSR count). The van der Waals surface area contributed by atoms with Gasteiger partial charge in [-0.05, 0) is 75.7 Å². The van der Waals surface area contributed by atoms with Crippen molar-refractivity contribution in [2.24, 2.45) is 0 Å². The molecule has 0 radical (unpaired) electrons. The van der Waals surface area contributed by atoms with Crippen molar-refractivity contribution in [1.29, 1.82) is 0 Å². The second-order valence-electron chi connectivity index (χ2n) is 7.55. The maximum Gasteiger partial charge on any atom is 0.137 e. The lowest BCUT2D eigenvalue weighted by molar-refractivity contribution is 0.482. The van der Waals surface area contributed by atoms with Crippen LogP contribution in [0.25, 0.3) is 0 Å². The Morgan fingerprint density at radius 2 is 1.72 bits per heavy atom. The Morgan fingerprint density at radius 1 is 1.07 bits per heavy atom. The zero-order valence-corrected chi connectivity index (χ0v) is 17.6. The van der Waals surface area contributed by atoms with E-state index in [-0.39, 0.29) is 6.04 Å². The third kappa shape index (κ3) is 4.46. The topological polar surface area (TPSA) is 50.3 Å². The van der Waals surface area contributed by atoms with E-state index >= 15 is 0 Å². The molecular formula is C23H25ClN4O. The molecule has 0 amide bonds. The number of aromatic nitrogens is 2. The average molecular weight is 409 g/mol. The summed E-state index contributed by atoms with van der Waals surface area (Å²) >= 11 is 5.92. The van der Waals surface area contributed by atoms with Gasteiger partial charge in [-0.3, -0.25) is 0 Å². The summed E-state index contributed by atoms with van der Waals surface area (Å²) in [4.78, 5) is 11.5. The summed E-state index contributed by atoms with van der Waals surface area (Å²) in [5.74, 6) is 3.39. The lowest BCUT2D eigenvalue weighted by Gasteiger charge is -2.37. The van der Waals surface area contributed by atoms with Gasteiger partial charge in [-0.25, -0.2) is 9.97 Å². The van der Waals surface area contributed by atoms with Gasteiger partial charge in [0.2, 0.25) is 0 Å². The van der Waals surface area contributed by atoms with Crippen LogP contribution in [0, 0.1) is 6.92 Å². The molecule has 3 aromatic rings. The summed E-state index contributed by atoms with van der Waals surface area (Å²) in [6, 6.07) is 15.9. The average Bonchev–Trinajstić information content (AvgIpc) is 2.71. The van der Waals surface area contributed by atoms with Crippen LogP contribution >= 0.6 is 11.6 Å². The third-order valence-corrected chi connectivity index (χ3v) is 5.34. The van der Waals surface area contributed by atoms with E-state index in [0.29, 0.717) is 11.1 Å². The number of aryl methyl sites for hydroxylation is 1. The van der Waals surface area contributed by atoms with Gasteiger partial charge in [-0.2, -0.15) is 0 Å². The number of nitrogens with zero attached hydrogens (tertiary/aromatic N) is 3. The van der Waals surface area contributed by atoms with Crippen LogP contribution in [0.4, 0.5) is 11.5 Å². The molecule has 1 aromatic heterocycles. The molecule has 29 heavy (non-hydrogen) atoms. The van der Waals surface area contributed by atoms with E-state index in [1.807, 2.05) is 61.7 Å². The van der Waals surface area contributed by atoms with Crippen LogP contribution in [0.3, 0.4) is 0 Å². The fourth-order valence-corrected chi connectivity index (χ4v) is 3.71. The molecule has 1 aliphatic rings. The van der Waals surface area contributed by atoms with Gasteiger partial charge in [-0.1, -0.05) is 11.6 Å². The number of benzene rings is 2. The van der Waals surface area contributed by atoms with Crippen molar-refractivity contribution in [3.63, 3.8) is 0 Å². The van der Waals surface area contributed by atoms with Crippen molar-refractivity contribution >= 4 is 23.1 Å². The Balaban J connectivity index is 1.49. The standard InChI is InChI=1S/C23H25ClN4O/c1-15(2)28-13-12-22(21-14-25-16(3)26-23(21)28)27-18-6-10-20(11-7-18)29-19-8-4-17(24)5-9-19/h4-11,14-15,22,27H,12-13H2,1-3H3. The van der Waals surface area contributed by atoms with E-state index in [9.17, 15) is 0 Å².